The first-order valence-corrected chi connectivity index (χ1v) is 3.22. The normalized spacial score (nSPS) is 9.50. The smallest absolute Gasteiger partial charge is 0.423 e. The number of aromatic nitrogens is 1. The predicted molar refractivity (Wildman–Crippen MR) is 43.9 cm³/mol. The molecule has 0 fully saturated rings. The fourth-order valence-electron chi connectivity index (χ4n) is 0.781. The maximum Gasteiger partial charge on any atom is 0.492 e. The van der Waals surface area contributed by atoms with Gasteiger partial charge >= 0.3 is 7.12 Å². The van der Waals surface area contributed by atoms with E-state index in [0.717, 1.165) is 0 Å². The van der Waals surface area contributed by atoms with Crippen molar-refractivity contribution in [3.8, 4) is 0 Å². The van der Waals surface area contributed by atoms with Crippen molar-refractivity contribution in [3.05, 3.63) is 17.8 Å². The van der Waals surface area contributed by atoms with Crippen LogP contribution in [0.25, 0.3) is 0 Å². The number of carbonyl (C=O) groups is 1. The van der Waals surface area contributed by atoms with Gasteiger partial charge in [0.05, 0.1) is 0 Å². The van der Waals surface area contributed by atoms with Crippen molar-refractivity contribution in [1.29, 1.82) is 0 Å². The first kappa shape index (κ1) is 8.70. The number of carbonyl (C=O) groups excluding carboxylic acids is 1. The number of hydrogen-bond acceptors (Lipinski definition) is 5. The fraction of sp³-hybridized carbons (Fsp3) is 0. The Morgan fingerprint density at radius 1 is 1.58 bits per heavy atom. The molecule has 0 radical (unpaired) electrons. The van der Waals surface area contributed by atoms with Gasteiger partial charge in [-0.25, -0.2) is 4.98 Å². The lowest BCUT2D eigenvalue weighted by Crippen LogP contribution is -2.33. The van der Waals surface area contributed by atoms with Gasteiger partial charge in [0.1, 0.15) is 5.82 Å². The van der Waals surface area contributed by atoms with Gasteiger partial charge in [-0.2, -0.15) is 0 Å². The number of hydrogen-bond donors (Lipinski definition) is 3. The molecule has 0 atom stereocenters. The van der Waals surface area contributed by atoms with Gasteiger partial charge in [-0.05, 0) is 6.07 Å². The molecule has 0 saturated carbocycles. The van der Waals surface area contributed by atoms with Crippen molar-refractivity contribution in [1.82, 2.24) is 4.98 Å². The van der Waals surface area contributed by atoms with Gasteiger partial charge in [0.25, 0.3) is 0 Å². The molecule has 6 heteroatoms. The lowest BCUT2D eigenvalue weighted by atomic mass is 9.80. The van der Waals surface area contributed by atoms with Crippen LogP contribution >= 0.6 is 0 Å². The van der Waals surface area contributed by atoms with E-state index in [-0.39, 0.29) is 16.8 Å². The predicted octanol–water partition coefficient (Wildman–Crippen LogP) is -1.84. The number of aldehydes is 1. The Morgan fingerprint density at radius 2 is 2.25 bits per heavy atom. The molecule has 1 rings (SSSR count). The average Bonchev–Trinajstić information content (AvgIpc) is 2.05. The fourth-order valence-corrected chi connectivity index (χ4v) is 0.781. The van der Waals surface area contributed by atoms with E-state index in [1.165, 1.54) is 12.3 Å². The van der Waals surface area contributed by atoms with Crippen LogP contribution in [0, 0.1) is 0 Å². The summed E-state index contributed by atoms with van der Waals surface area (Å²) < 4.78 is 0. The van der Waals surface area contributed by atoms with Crippen LogP contribution in [0.4, 0.5) is 5.82 Å². The molecule has 1 heterocycles. The van der Waals surface area contributed by atoms with Crippen LogP contribution in [0.1, 0.15) is 10.4 Å². The highest BCUT2D eigenvalue weighted by Gasteiger charge is 2.15. The minimum atomic E-state index is -1.70. The van der Waals surface area contributed by atoms with Crippen molar-refractivity contribution in [2.45, 2.75) is 0 Å². The Labute approximate surface area is 69.0 Å². The van der Waals surface area contributed by atoms with Crippen LogP contribution in [-0.4, -0.2) is 28.4 Å². The Hall–Kier alpha value is -1.40. The van der Waals surface area contributed by atoms with E-state index in [4.69, 9.17) is 15.8 Å². The highest BCUT2D eigenvalue weighted by Crippen LogP contribution is 1.96. The Balaban J connectivity index is 3.16. The average molecular weight is 166 g/mol. The maximum atomic E-state index is 10.2. The zero-order valence-electron chi connectivity index (χ0n) is 6.14. The molecule has 1 aromatic heterocycles. The molecule has 0 aromatic carbocycles. The van der Waals surface area contributed by atoms with Crippen LogP contribution < -0.4 is 11.2 Å². The first-order valence-electron chi connectivity index (χ1n) is 3.22. The van der Waals surface area contributed by atoms with Gasteiger partial charge in [-0.3, -0.25) is 4.79 Å². The highest BCUT2D eigenvalue weighted by atomic mass is 16.4. The van der Waals surface area contributed by atoms with E-state index in [0.29, 0.717) is 6.29 Å². The van der Waals surface area contributed by atoms with E-state index in [9.17, 15) is 4.79 Å². The molecule has 0 unspecified atom stereocenters. The van der Waals surface area contributed by atoms with Crippen molar-refractivity contribution in [3.63, 3.8) is 0 Å². The molecule has 0 amide bonds. The summed E-state index contributed by atoms with van der Waals surface area (Å²) in [6.45, 7) is 0. The topological polar surface area (TPSA) is 96.4 Å². The van der Waals surface area contributed by atoms with Crippen molar-refractivity contribution in [2.75, 3.05) is 5.73 Å². The van der Waals surface area contributed by atoms with Gasteiger partial charge in [0, 0.05) is 17.2 Å². The Kier molecular flexibility index (Phi) is 2.42. The van der Waals surface area contributed by atoms with Crippen LogP contribution in [0.15, 0.2) is 12.3 Å². The third-order valence-corrected chi connectivity index (χ3v) is 1.38. The monoisotopic (exact) mass is 166 g/mol. The molecule has 0 aliphatic heterocycles. The quantitative estimate of drug-likeness (QED) is 0.354. The summed E-state index contributed by atoms with van der Waals surface area (Å²) in [5.41, 5.74) is 5.60. The molecule has 1 aromatic rings. The third kappa shape index (κ3) is 1.61. The Morgan fingerprint density at radius 3 is 2.75 bits per heavy atom. The standard InChI is InChI=1S/C6H7BN2O3/c8-6-5(7(11)12)1-4(3-10)2-9-6/h1-3,11-12H,(H2,8,9). The molecule has 0 spiro atoms. The van der Waals surface area contributed by atoms with Crippen molar-refractivity contribution in [2.24, 2.45) is 0 Å². The van der Waals surface area contributed by atoms with Crippen molar-refractivity contribution < 1.29 is 14.8 Å². The van der Waals surface area contributed by atoms with E-state index >= 15 is 0 Å². The summed E-state index contributed by atoms with van der Waals surface area (Å²) >= 11 is 0. The number of nitrogens with two attached hydrogens (primary N) is 1. The van der Waals surface area contributed by atoms with E-state index in [1.54, 1.807) is 0 Å². The summed E-state index contributed by atoms with van der Waals surface area (Å²) in [5, 5.41) is 17.5. The zero-order chi connectivity index (χ0) is 9.14. The third-order valence-electron chi connectivity index (χ3n) is 1.38. The first-order chi connectivity index (χ1) is 5.65. The molecule has 0 aliphatic rings. The second-order valence-electron chi connectivity index (χ2n) is 2.23. The number of nitrogens with zero attached hydrogens (tertiary/aromatic N) is 1. The largest absolute Gasteiger partial charge is 0.492 e. The second-order valence-corrected chi connectivity index (χ2v) is 2.23. The molecule has 4 N–H and O–H groups in total. The molecule has 5 nitrogen and oxygen atoms in total. The molecule has 0 saturated heterocycles. The van der Waals surface area contributed by atoms with Crippen LogP contribution in [0.5, 0.6) is 0 Å². The lowest BCUT2D eigenvalue weighted by Gasteiger charge is -2.02. The van der Waals surface area contributed by atoms with E-state index in [1.807, 2.05) is 0 Å². The zero-order valence-corrected chi connectivity index (χ0v) is 6.14. The molecular formula is C6H7BN2O3. The summed E-state index contributed by atoms with van der Waals surface area (Å²) in [5.74, 6) is 0.00981. The molecular weight excluding hydrogens is 159 g/mol. The summed E-state index contributed by atoms with van der Waals surface area (Å²) in [7, 11) is -1.70. The highest BCUT2D eigenvalue weighted by molar-refractivity contribution is 6.60. The summed E-state index contributed by atoms with van der Waals surface area (Å²) in [6, 6.07) is 1.28. The lowest BCUT2D eigenvalue weighted by molar-refractivity contribution is 0.112. The summed E-state index contributed by atoms with van der Waals surface area (Å²) in [6.07, 6.45) is 1.81. The van der Waals surface area contributed by atoms with Gasteiger partial charge in [-0.1, -0.05) is 0 Å². The SMILES string of the molecule is Nc1ncc(C=O)cc1B(O)O. The molecule has 12 heavy (non-hydrogen) atoms. The van der Waals surface area contributed by atoms with Gasteiger partial charge in [-0.15, -0.1) is 0 Å². The number of anilines is 1. The van der Waals surface area contributed by atoms with Gasteiger partial charge in [0.2, 0.25) is 0 Å². The minimum absolute atomic E-state index is 0.00981. The van der Waals surface area contributed by atoms with Gasteiger partial charge in [0.15, 0.2) is 6.29 Å². The van der Waals surface area contributed by atoms with Crippen LogP contribution in [0.3, 0.4) is 0 Å². The molecule has 0 aliphatic carbocycles. The number of pyridine rings is 1. The summed E-state index contributed by atoms with van der Waals surface area (Å²) in [4.78, 5) is 13.8. The number of rotatable bonds is 2. The van der Waals surface area contributed by atoms with Gasteiger partial charge < -0.3 is 15.8 Å². The van der Waals surface area contributed by atoms with E-state index in [2.05, 4.69) is 4.98 Å². The van der Waals surface area contributed by atoms with Crippen molar-refractivity contribution >= 4 is 24.7 Å². The minimum Gasteiger partial charge on any atom is -0.423 e. The molecule has 62 valence electrons. The maximum absolute atomic E-state index is 10.2. The van der Waals surface area contributed by atoms with Crippen LogP contribution in [-0.2, 0) is 0 Å². The van der Waals surface area contributed by atoms with Crippen LogP contribution in [0.2, 0.25) is 0 Å². The number of nitrogen functional groups attached to an aromatic ring is 1. The molecule has 0 bridgehead atoms. The Bertz CT molecular complexity index is 303. The second kappa shape index (κ2) is 3.33. The van der Waals surface area contributed by atoms with E-state index < -0.39 is 7.12 Å².